The molecule has 0 amide bonds. The minimum atomic E-state index is -0.529. The first-order valence-corrected chi connectivity index (χ1v) is 12.1. The Bertz CT molecular complexity index is 1450. The van der Waals surface area contributed by atoms with Gasteiger partial charge in [0.25, 0.3) is 11.4 Å². The number of allylic oxidation sites excluding steroid dienone is 11. The summed E-state index contributed by atoms with van der Waals surface area (Å²) in [5, 5.41) is 31.6. The van der Waals surface area contributed by atoms with Crippen LogP contribution in [0.25, 0.3) is 5.32 Å². The van der Waals surface area contributed by atoms with Crippen LogP contribution in [-0.4, -0.2) is 39.0 Å². The van der Waals surface area contributed by atoms with Crippen molar-refractivity contribution < 1.29 is 35.9 Å². The Morgan fingerprint density at radius 1 is 0.927 bits per heavy atom. The van der Waals surface area contributed by atoms with Gasteiger partial charge < -0.3 is 16.0 Å². The van der Waals surface area contributed by atoms with Crippen molar-refractivity contribution in [2.45, 2.75) is 26.4 Å². The third-order valence-electron chi connectivity index (χ3n) is 5.52. The van der Waals surface area contributed by atoms with Gasteiger partial charge in [-0.1, -0.05) is 37.3 Å². The number of rotatable bonds is 8. The fourth-order valence-electron chi connectivity index (χ4n) is 3.56. The van der Waals surface area contributed by atoms with Crippen LogP contribution in [0.5, 0.6) is 0 Å². The zero-order chi connectivity index (χ0) is 29.1. The van der Waals surface area contributed by atoms with Crippen molar-refractivity contribution in [3.05, 3.63) is 150 Å². The molecule has 1 unspecified atom stereocenters. The molecule has 13 heteroatoms. The molecule has 1 aromatic heterocycles. The monoisotopic (exact) mass is 601 g/mol. The second-order valence-electron chi connectivity index (χ2n) is 8.70. The maximum atomic E-state index is 11.6. The number of pyridine rings is 1. The van der Waals surface area contributed by atoms with E-state index in [1.165, 1.54) is 48.9 Å². The molecule has 0 radical (unpaired) electrons. The number of hydrogen-bond donors (Lipinski definition) is 2. The molecule has 1 aliphatic heterocycles. The van der Waals surface area contributed by atoms with Gasteiger partial charge in [0, 0.05) is 76.6 Å². The summed E-state index contributed by atoms with van der Waals surface area (Å²) in [6, 6.07) is 5.65. The van der Waals surface area contributed by atoms with Crippen LogP contribution >= 0.6 is 0 Å². The zero-order valence-corrected chi connectivity index (χ0v) is 23.1. The van der Waals surface area contributed by atoms with Gasteiger partial charge in [-0.3, -0.25) is 34.8 Å². The van der Waals surface area contributed by atoms with Crippen LogP contribution < -0.4 is 10.6 Å². The van der Waals surface area contributed by atoms with Gasteiger partial charge in [-0.25, -0.2) is 0 Å². The smallest absolute Gasteiger partial charge is 0.270 e. The number of carbonyl (C=O) groups is 2. The van der Waals surface area contributed by atoms with Crippen LogP contribution in [0, 0.1) is 27.2 Å². The summed E-state index contributed by atoms with van der Waals surface area (Å²) >= 11 is 0. The molecular formula is C28H27N6NiO6-. The number of hydrogen-bond acceptors (Lipinski definition) is 9. The molecule has 1 aromatic rings. The second-order valence-corrected chi connectivity index (χ2v) is 8.70. The molecule has 0 spiro atoms. The topological polar surface area (TPSA) is 171 Å². The fourth-order valence-corrected chi connectivity index (χ4v) is 3.56. The summed E-state index contributed by atoms with van der Waals surface area (Å²) in [5.41, 5.74) is 3.01. The average Bonchev–Trinajstić information content (AvgIpc) is 2.91. The number of aryl methyl sites for hydroxylation is 1. The van der Waals surface area contributed by atoms with Gasteiger partial charge in [0.15, 0.2) is 11.6 Å². The maximum Gasteiger partial charge on any atom is 0.270 e. The predicted octanol–water partition coefficient (Wildman–Crippen LogP) is 3.64. The number of nitrogens with zero attached hydrogens (tertiary/aromatic N) is 4. The Labute approximate surface area is 246 Å². The number of ketones is 2. The molecule has 12 nitrogen and oxygen atoms in total. The largest absolute Gasteiger partial charge is 0.681 e. The molecule has 0 bridgehead atoms. The van der Waals surface area contributed by atoms with Crippen molar-refractivity contribution >= 4 is 11.6 Å². The summed E-state index contributed by atoms with van der Waals surface area (Å²) in [7, 11) is 0. The molecule has 0 aromatic carbocycles. The van der Waals surface area contributed by atoms with Crippen LogP contribution in [0.1, 0.15) is 18.3 Å². The number of aromatic nitrogens is 1. The van der Waals surface area contributed by atoms with E-state index in [0.717, 1.165) is 17.1 Å². The summed E-state index contributed by atoms with van der Waals surface area (Å²) in [4.78, 5) is 47.7. The first kappa shape index (κ1) is 32.3. The Morgan fingerprint density at radius 3 is 2.05 bits per heavy atom. The fraction of sp³-hybridized carbons (Fsp3) is 0.179. The van der Waals surface area contributed by atoms with E-state index in [4.69, 9.17) is 0 Å². The van der Waals surface area contributed by atoms with E-state index >= 15 is 0 Å². The van der Waals surface area contributed by atoms with E-state index in [1.807, 2.05) is 50.3 Å². The Hall–Kier alpha value is -4.90. The molecule has 1 atom stereocenters. The molecular weight excluding hydrogens is 575 g/mol. The van der Waals surface area contributed by atoms with Crippen LogP contribution in [0.3, 0.4) is 0 Å². The average molecular weight is 602 g/mol. The van der Waals surface area contributed by atoms with Crippen LogP contribution in [0.4, 0.5) is 0 Å². The summed E-state index contributed by atoms with van der Waals surface area (Å²) in [6.07, 6.45) is 16.0. The number of nitrogens with one attached hydrogen (secondary N) is 2. The summed E-state index contributed by atoms with van der Waals surface area (Å²) in [5.74, 6) is -0.518. The van der Waals surface area contributed by atoms with Gasteiger partial charge in [-0.15, -0.1) is 0 Å². The van der Waals surface area contributed by atoms with Crippen molar-refractivity contribution in [3.63, 3.8) is 0 Å². The third-order valence-corrected chi connectivity index (χ3v) is 5.52. The Morgan fingerprint density at radius 2 is 1.51 bits per heavy atom. The van der Waals surface area contributed by atoms with Gasteiger partial charge in [0.1, 0.15) is 0 Å². The SMILES string of the molecule is CC1=CC=CC(CN/C=C2/C=C([N+](=O)[O-])C=CC2=O)[N-]1.Cc1cccc(CN/C=C2/C=C([N+](=O)[O-])C=CC2=O)n1.[Ni]. The van der Waals surface area contributed by atoms with E-state index in [1.54, 1.807) is 0 Å². The van der Waals surface area contributed by atoms with E-state index in [0.29, 0.717) is 13.1 Å². The minimum absolute atomic E-state index is 0. The normalized spacial score (nSPS) is 19.2. The van der Waals surface area contributed by atoms with Gasteiger partial charge in [0.2, 0.25) is 0 Å². The van der Waals surface area contributed by atoms with Gasteiger partial charge >= 0.3 is 0 Å². The Kier molecular flexibility index (Phi) is 12.3. The quantitative estimate of drug-likeness (QED) is 0.195. The predicted molar refractivity (Wildman–Crippen MR) is 148 cm³/mol. The Balaban J connectivity index is 0.000000280. The van der Waals surface area contributed by atoms with Crippen LogP contribution in [-0.2, 0) is 32.6 Å². The van der Waals surface area contributed by atoms with Gasteiger partial charge in [0.05, 0.1) is 22.1 Å². The second kappa shape index (κ2) is 15.6. The minimum Gasteiger partial charge on any atom is -0.681 e. The van der Waals surface area contributed by atoms with E-state index in [-0.39, 0.29) is 56.6 Å². The molecule has 0 saturated heterocycles. The van der Waals surface area contributed by atoms with Gasteiger partial charge in [-0.05, 0) is 31.2 Å². The summed E-state index contributed by atoms with van der Waals surface area (Å²) < 4.78 is 0. The molecule has 2 N–H and O–H groups in total. The third kappa shape index (κ3) is 10.3. The first-order valence-electron chi connectivity index (χ1n) is 12.1. The standard InChI is InChI=1S/C14H14N3O3.C14H13N3O3.Ni/c2*1-10-3-2-4-12(16-10)9-15-8-11-7-13(17(19)20)5-6-14(11)18;/h2-8,12H,9H2,1H3,(H,15,18);2-8,15H,9H2,1H3;/q-1;;/b;11-8-;. The molecule has 4 rings (SSSR count). The molecule has 2 heterocycles. The molecule has 0 saturated carbocycles. The van der Waals surface area contributed by atoms with Crippen LogP contribution in [0.15, 0.2) is 114 Å². The zero-order valence-electron chi connectivity index (χ0n) is 22.1. The van der Waals surface area contributed by atoms with Gasteiger partial charge in [-0.2, -0.15) is 5.70 Å². The van der Waals surface area contributed by atoms with Crippen molar-refractivity contribution in [2.75, 3.05) is 6.54 Å². The maximum absolute atomic E-state index is 11.6. The first-order chi connectivity index (χ1) is 19.1. The molecule has 2 aliphatic carbocycles. The van der Waals surface area contributed by atoms with Crippen molar-refractivity contribution in [1.82, 2.24) is 15.6 Å². The molecule has 216 valence electrons. The molecule has 41 heavy (non-hydrogen) atoms. The van der Waals surface area contributed by atoms with E-state index in [2.05, 4.69) is 20.9 Å². The van der Waals surface area contributed by atoms with Crippen molar-refractivity contribution in [2.24, 2.45) is 0 Å². The van der Waals surface area contributed by atoms with Crippen molar-refractivity contribution in [3.8, 4) is 0 Å². The number of nitro groups is 2. The van der Waals surface area contributed by atoms with E-state index < -0.39 is 9.85 Å². The summed E-state index contributed by atoms with van der Waals surface area (Å²) in [6.45, 7) is 4.79. The number of carbonyl (C=O) groups excluding carboxylic acids is 2. The van der Waals surface area contributed by atoms with Crippen LogP contribution in [0.2, 0.25) is 0 Å². The van der Waals surface area contributed by atoms with Crippen molar-refractivity contribution in [1.29, 1.82) is 0 Å². The van der Waals surface area contributed by atoms with E-state index in [9.17, 15) is 29.8 Å². The molecule has 3 aliphatic rings. The molecule has 0 fully saturated rings.